The number of allylic oxidation sites excluding steroid dienone is 1. The zero-order valence-corrected chi connectivity index (χ0v) is 9.51. The molecule has 1 rings (SSSR count). The molecular formula is C13H15NO2. The molecule has 0 aliphatic rings. The van der Waals surface area contributed by atoms with E-state index in [1.54, 1.807) is 30.3 Å². The highest BCUT2D eigenvalue weighted by molar-refractivity contribution is 5.89. The Hall–Kier alpha value is -1.90. The van der Waals surface area contributed by atoms with Crippen molar-refractivity contribution in [1.29, 1.82) is 0 Å². The quantitative estimate of drug-likeness (QED) is 0.442. The van der Waals surface area contributed by atoms with Gasteiger partial charge in [0, 0.05) is 12.1 Å². The molecule has 0 radical (unpaired) electrons. The normalized spacial score (nSPS) is 11.8. The van der Waals surface area contributed by atoms with Gasteiger partial charge in [0.05, 0.1) is 0 Å². The summed E-state index contributed by atoms with van der Waals surface area (Å²) in [6, 6.07) is 6.92. The Bertz CT molecular complexity index is 391. The van der Waals surface area contributed by atoms with Crippen LogP contribution in [0.15, 0.2) is 41.4 Å². The molecule has 0 aromatic heterocycles. The van der Waals surface area contributed by atoms with Crippen molar-refractivity contribution in [2.75, 3.05) is 6.54 Å². The lowest BCUT2D eigenvalue weighted by Gasteiger charge is -2.04. The summed E-state index contributed by atoms with van der Waals surface area (Å²) in [5, 5.41) is 0. The first-order valence-electron chi connectivity index (χ1n) is 5.20. The molecule has 0 heterocycles. The molecule has 0 N–H and O–H groups in total. The summed E-state index contributed by atoms with van der Waals surface area (Å²) in [7, 11) is 0. The predicted octanol–water partition coefficient (Wildman–Crippen LogP) is 2.87. The zero-order valence-electron chi connectivity index (χ0n) is 9.51. The van der Waals surface area contributed by atoms with Crippen molar-refractivity contribution in [2.24, 2.45) is 4.99 Å². The van der Waals surface area contributed by atoms with Gasteiger partial charge in [-0.3, -0.25) is 9.79 Å². The molecule has 1 aromatic rings. The topological polar surface area (TPSA) is 38.7 Å². The molecule has 0 bridgehead atoms. The Labute approximate surface area is 95.5 Å². The average Bonchev–Trinajstić information content (AvgIpc) is 2.31. The number of benzene rings is 1. The Morgan fingerprint density at radius 2 is 2.06 bits per heavy atom. The predicted molar refractivity (Wildman–Crippen MR) is 65.2 cm³/mol. The van der Waals surface area contributed by atoms with Gasteiger partial charge in [-0.15, -0.1) is 0 Å². The van der Waals surface area contributed by atoms with E-state index in [9.17, 15) is 4.79 Å². The highest BCUT2D eigenvalue weighted by Gasteiger charge is 1.98. The van der Waals surface area contributed by atoms with Crippen molar-refractivity contribution >= 4 is 12.2 Å². The van der Waals surface area contributed by atoms with E-state index in [1.807, 2.05) is 19.9 Å². The van der Waals surface area contributed by atoms with Gasteiger partial charge in [-0.05, 0) is 44.2 Å². The van der Waals surface area contributed by atoms with E-state index in [0.29, 0.717) is 23.8 Å². The van der Waals surface area contributed by atoms with E-state index in [4.69, 9.17) is 4.74 Å². The Morgan fingerprint density at radius 1 is 1.38 bits per heavy atom. The molecule has 0 aliphatic carbocycles. The van der Waals surface area contributed by atoms with Crippen molar-refractivity contribution < 1.29 is 9.53 Å². The number of hydrogen-bond donors (Lipinski definition) is 0. The second-order valence-electron chi connectivity index (χ2n) is 3.10. The molecule has 3 heteroatoms. The highest BCUT2D eigenvalue weighted by Crippen LogP contribution is 2.11. The second-order valence-corrected chi connectivity index (χ2v) is 3.10. The molecular weight excluding hydrogens is 202 g/mol. The van der Waals surface area contributed by atoms with Crippen LogP contribution in [0.1, 0.15) is 24.2 Å². The van der Waals surface area contributed by atoms with Gasteiger partial charge in [0.25, 0.3) is 0 Å². The van der Waals surface area contributed by atoms with Gasteiger partial charge >= 0.3 is 0 Å². The van der Waals surface area contributed by atoms with Crippen molar-refractivity contribution in [1.82, 2.24) is 0 Å². The molecule has 0 fully saturated rings. The monoisotopic (exact) mass is 217 g/mol. The van der Waals surface area contributed by atoms with Crippen LogP contribution in [0.5, 0.6) is 5.75 Å². The molecule has 3 nitrogen and oxygen atoms in total. The first kappa shape index (κ1) is 12.2. The van der Waals surface area contributed by atoms with Crippen LogP contribution in [-0.4, -0.2) is 18.7 Å². The van der Waals surface area contributed by atoms with Gasteiger partial charge < -0.3 is 4.74 Å². The Balaban J connectivity index is 2.77. The van der Waals surface area contributed by atoms with E-state index in [0.717, 1.165) is 6.29 Å². The highest BCUT2D eigenvalue weighted by atomic mass is 16.5. The van der Waals surface area contributed by atoms with Gasteiger partial charge in [-0.2, -0.15) is 0 Å². The lowest BCUT2D eigenvalue weighted by Crippen LogP contribution is -2.05. The summed E-state index contributed by atoms with van der Waals surface area (Å²) in [4.78, 5) is 14.7. The summed E-state index contributed by atoms with van der Waals surface area (Å²) < 4.78 is 5.54. The van der Waals surface area contributed by atoms with Gasteiger partial charge in [-0.1, -0.05) is 6.08 Å². The maximum atomic E-state index is 10.5. The third kappa shape index (κ3) is 3.69. The van der Waals surface area contributed by atoms with Crippen LogP contribution >= 0.6 is 0 Å². The third-order valence-electron chi connectivity index (χ3n) is 1.86. The first-order valence-corrected chi connectivity index (χ1v) is 5.20. The summed E-state index contributed by atoms with van der Waals surface area (Å²) >= 11 is 0. The molecule has 0 saturated heterocycles. The van der Waals surface area contributed by atoms with Crippen LogP contribution in [0, 0.1) is 0 Å². The number of rotatable bonds is 4. The van der Waals surface area contributed by atoms with Gasteiger partial charge in [0.2, 0.25) is 5.90 Å². The molecule has 1 aromatic carbocycles. The van der Waals surface area contributed by atoms with E-state index >= 15 is 0 Å². The lowest BCUT2D eigenvalue weighted by atomic mass is 10.2. The minimum absolute atomic E-state index is 0.573. The summed E-state index contributed by atoms with van der Waals surface area (Å²) in [6.07, 6.45) is 4.47. The Kier molecular flexibility index (Phi) is 4.99. The minimum atomic E-state index is 0.573. The molecule has 84 valence electrons. The second kappa shape index (κ2) is 6.56. The average molecular weight is 217 g/mol. The van der Waals surface area contributed by atoms with E-state index in [1.165, 1.54) is 0 Å². The number of hydrogen-bond acceptors (Lipinski definition) is 3. The van der Waals surface area contributed by atoms with E-state index in [-0.39, 0.29) is 0 Å². The smallest absolute Gasteiger partial charge is 0.214 e. The molecule has 0 atom stereocenters. The molecule has 0 unspecified atom stereocenters. The first-order chi connectivity index (χ1) is 7.80. The standard InChI is InChI=1S/C13H15NO2/c1-3-5-13(14-4-2)16-12-8-6-11(10-15)7-9-12/h3,5-10H,4H2,1-2H3/b5-3-,14-13?. The van der Waals surface area contributed by atoms with Crippen LogP contribution in [0.4, 0.5) is 0 Å². The van der Waals surface area contributed by atoms with Crippen LogP contribution in [-0.2, 0) is 0 Å². The summed E-state index contributed by atoms with van der Waals surface area (Å²) in [5.74, 6) is 1.25. The van der Waals surface area contributed by atoms with E-state index < -0.39 is 0 Å². The largest absolute Gasteiger partial charge is 0.439 e. The van der Waals surface area contributed by atoms with Crippen LogP contribution < -0.4 is 4.74 Å². The fraction of sp³-hybridized carbons (Fsp3) is 0.231. The molecule has 0 aliphatic heterocycles. The van der Waals surface area contributed by atoms with Crippen LogP contribution in [0.25, 0.3) is 0 Å². The third-order valence-corrected chi connectivity index (χ3v) is 1.86. The number of aliphatic imine (C=N–C) groups is 1. The number of aldehydes is 1. The lowest BCUT2D eigenvalue weighted by molar-refractivity contribution is 0.112. The fourth-order valence-corrected chi connectivity index (χ4v) is 1.15. The van der Waals surface area contributed by atoms with E-state index in [2.05, 4.69) is 4.99 Å². The Morgan fingerprint density at radius 3 is 2.56 bits per heavy atom. The van der Waals surface area contributed by atoms with Gasteiger partial charge in [0.1, 0.15) is 12.0 Å². The van der Waals surface area contributed by atoms with Crippen molar-refractivity contribution in [3.05, 3.63) is 42.0 Å². The number of carbonyl (C=O) groups excluding carboxylic acids is 1. The number of nitrogens with zero attached hydrogens (tertiary/aromatic N) is 1. The zero-order chi connectivity index (χ0) is 11.8. The van der Waals surface area contributed by atoms with Gasteiger partial charge in [0.15, 0.2) is 0 Å². The maximum absolute atomic E-state index is 10.5. The van der Waals surface area contributed by atoms with Crippen LogP contribution in [0.3, 0.4) is 0 Å². The van der Waals surface area contributed by atoms with Crippen molar-refractivity contribution in [3.63, 3.8) is 0 Å². The van der Waals surface area contributed by atoms with Crippen LogP contribution in [0.2, 0.25) is 0 Å². The minimum Gasteiger partial charge on any atom is -0.439 e. The summed E-state index contributed by atoms with van der Waals surface area (Å²) in [5.41, 5.74) is 0.632. The number of ether oxygens (including phenoxy) is 1. The SMILES string of the molecule is C/C=C\C(=NCC)Oc1ccc(C=O)cc1. The molecule has 0 spiro atoms. The number of carbonyl (C=O) groups is 1. The van der Waals surface area contributed by atoms with Crippen molar-refractivity contribution in [3.8, 4) is 5.75 Å². The van der Waals surface area contributed by atoms with Crippen molar-refractivity contribution in [2.45, 2.75) is 13.8 Å². The molecule has 0 saturated carbocycles. The fourth-order valence-electron chi connectivity index (χ4n) is 1.15. The molecule has 0 amide bonds. The summed E-state index contributed by atoms with van der Waals surface area (Å²) in [6.45, 7) is 4.53. The van der Waals surface area contributed by atoms with Gasteiger partial charge in [-0.25, -0.2) is 0 Å². The molecule has 16 heavy (non-hydrogen) atoms. The maximum Gasteiger partial charge on any atom is 0.214 e.